The van der Waals surface area contributed by atoms with E-state index in [4.69, 9.17) is 4.74 Å². The minimum atomic E-state index is -0.671. The molecule has 2 heterocycles. The van der Waals surface area contributed by atoms with Crippen LogP contribution in [0.25, 0.3) is 11.1 Å². The van der Waals surface area contributed by atoms with Crippen LogP contribution in [0.2, 0.25) is 0 Å². The van der Waals surface area contributed by atoms with Crippen molar-refractivity contribution >= 4 is 0 Å². The first-order valence-corrected chi connectivity index (χ1v) is 9.03. The number of ether oxygens (including phenoxy) is 1. The van der Waals surface area contributed by atoms with Crippen molar-refractivity contribution in [2.75, 3.05) is 40.3 Å². The second-order valence-electron chi connectivity index (χ2n) is 7.07. The van der Waals surface area contributed by atoms with Crippen LogP contribution in [0.4, 0.5) is 8.78 Å². The third-order valence-corrected chi connectivity index (χ3v) is 4.66. The maximum atomic E-state index is 14.4. The van der Waals surface area contributed by atoms with Crippen molar-refractivity contribution in [1.82, 2.24) is 20.0 Å². The number of aromatic nitrogens is 2. The lowest BCUT2D eigenvalue weighted by molar-refractivity contribution is 0.201. The predicted molar refractivity (Wildman–Crippen MR) is 97.2 cm³/mol. The molecule has 0 spiro atoms. The second-order valence-corrected chi connectivity index (χ2v) is 7.07. The molecule has 0 atom stereocenters. The van der Waals surface area contributed by atoms with Crippen molar-refractivity contribution in [2.24, 2.45) is 5.92 Å². The van der Waals surface area contributed by atoms with Crippen LogP contribution in [0.1, 0.15) is 12.8 Å². The number of likely N-dealkylation sites (N-methyl/N-ethyl adjacent to an activating group) is 1. The van der Waals surface area contributed by atoms with E-state index in [2.05, 4.69) is 15.3 Å². The Morgan fingerprint density at radius 3 is 2.54 bits per heavy atom. The van der Waals surface area contributed by atoms with Gasteiger partial charge in [-0.3, -0.25) is 4.68 Å². The van der Waals surface area contributed by atoms with Crippen LogP contribution in [-0.4, -0.2) is 55.0 Å². The molecule has 1 aliphatic rings. The summed E-state index contributed by atoms with van der Waals surface area (Å²) in [7, 11) is 3.97. The van der Waals surface area contributed by atoms with Gasteiger partial charge in [-0.15, -0.1) is 0 Å². The van der Waals surface area contributed by atoms with Crippen molar-refractivity contribution in [3.63, 3.8) is 0 Å². The van der Waals surface area contributed by atoms with Gasteiger partial charge in [-0.1, -0.05) is 0 Å². The Kier molecular flexibility index (Phi) is 6.21. The van der Waals surface area contributed by atoms with Gasteiger partial charge in [0.05, 0.1) is 19.3 Å². The van der Waals surface area contributed by atoms with E-state index in [9.17, 15) is 8.78 Å². The average Bonchev–Trinajstić information content (AvgIpc) is 3.09. The van der Waals surface area contributed by atoms with Gasteiger partial charge in [-0.25, -0.2) is 8.78 Å². The fourth-order valence-electron chi connectivity index (χ4n) is 3.05. The van der Waals surface area contributed by atoms with Crippen molar-refractivity contribution in [1.29, 1.82) is 0 Å². The second kappa shape index (κ2) is 8.60. The smallest absolute Gasteiger partial charge is 0.190 e. The maximum Gasteiger partial charge on any atom is 0.190 e. The van der Waals surface area contributed by atoms with Crippen LogP contribution in [0.15, 0.2) is 24.5 Å². The molecule has 0 saturated carbocycles. The molecule has 2 aromatic rings. The van der Waals surface area contributed by atoms with Crippen molar-refractivity contribution in [3.8, 4) is 16.9 Å². The minimum Gasteiger partial charge on any atom is -0.487 e. The zero-order valence-electron chi connectivity index (χ0n) is 15.3. The van der Waals surface area contributed by atoms with Crippen molar-refractivity contribution in [2.45, 2.75) is 19.4 Å². The summed E-state index contributed by atoms with van der Waals surface area (Å²) in [6.45, 7) is 3.76. The van der Waals surface area contributed by atoms with Crippen LogP contribution in [0, 0.1) is 17.6 Å². The number of hydrogen-bond donors (Lipinski definition) is 1. The molecule has 0 unspecified atom stereocenters. The molecule has 5 nitrogen and oxygen atoms in total. The zero-order chi connectivity index (χ0) is 18.5. The molecule has 1 fully saturated rings. The molecule has 1 saturated heterocycles. The van der Waals surface area contributed by atoms with E-state index in [1.54, 1.807) is 17.1 Å². The van der Waals surface area contributed by atoms with E-state index in [1.165, 1.54) is 12.1 Å². The van der Waals surface area contributed by atoms with Gasteiger partial charge in [0, 0.05) is 18.3 Å². The van der Waals surface area contributed by atoms with Gasteiger partial charge in [-0.2, -0.15) is 5.10 Å². The van der Waals surface area contributed by atoms with E-state index < -0.39 is 11.6 Å². The van der Waals surface area contributed by atoms with Gasteiger partial charge in [0.15, 0.2) is 17.4 Å². The summed E-state index contributed by atoms with van der Waals surface area (Å²) in [4.78, 5) is 2.05. The zero-order valence-corrected chi connectivity index (χ0v) is 15.3. The molecular formula is C19H26F2N4O. The minimum absolute atomic E-state index is 0.285. The lowest BCUT2D eigenvalue weighted by Gasteiger charge is -2.22. The van der Waals surface area contributed by atoms with Gasteiger partial charge >= 0.3 is 0 Å². The van der Waals surface area contributed by atoms with Crippen LogP contribution in [-0.2, 0) is 6.54 Å². The summed E-state index contributed by atoms with van der Waals surface area (Å²) in [5.74, 6) is -1.29. The third kappa shape index (κ3) is 4.80. The van der Waals surface area contributed by atoms with E-state index >= 15 is 0 Å². The monoisotopic (exact) mass is 364 g/mol. The van der Waals surface area contributed by atoms with Gasteiger partial charge < -0.3 is 15.0 Å². The topological polar surface area (TPSA) is 42.3 Å². The molecule has 26 heavy (non-hydrogen) atoms. The molecule has 0 radical (unpaired) electrons. The van der Waals surface area contributed by atoms with Crippen LogP contribution in [0.3, 0.4) is 0 Å². The van der Waals surface area contributed by atoms with Crippen LogP contribution >= 0.6 is 0 Å². The molecule has 3 rings (SSSR count). The molecule has 1 aliphatic heterocycles. The largest absolute Gasteiger partial charge is 0.487 e. The fraction of sp³-hybridized carbons (Fsp3) is 0.526. The summed E-state index contributed by atoms with van der Waals surface area (Å²) in [5.41, 5.74) is 1.15. The van der Waals surface area contributed by atoms with E-state index in [0.29, 0.717) is 23.7 Å². The highest BCUT2D eigenvalue weighted by molar-refractivity contribution is 5.63. The van der Waals surface area contributed by atoms with Crippen molar-refractivity contribution < 1.29 is 13.5 Å². The fourth-order valence-corrected chi connectivity index (χ4v) is 3.05. The van der Waals surface area contributed by atoms with E-state index in [0.717, 1.165) is 39.0 Å². The highest BCUT2D eigenvalue weighted by Crippen LogP contribution is 2.29. The van der Waals surface area contributed by atoms with E-state index in [-0.39, 0.29) is 5.75 Å². The summed E-state index contributed by atoms with van der Waals surface area (Å²) >= 11 is 0. The number of nitrogens with zero attached hydrogens (tertiary/aromatic N) is 3. The third-order valence-electron chi connectivity index (χ3n) is 4.66. The SMILES string of the molecule is CN(C)CCn1cc(-c2cc(F)c(OCC3CCNCC3)c(F)c2)cn1. The first-order valence-electron chi connectivity index (χ1n) is 9.03. The quantitative estimate of drug-likeness (QED) is 0.820. The number of piperidine rings is 1. The molecule has 0 aliphatic carbocycles. The summed E-state index contributed by atoms with van der Waals surface area (Å²) < 4.78 is 36.0. The van der Waals surface area contributed by atoms with Gasteiger partial charge in [0.25, 0.3) is 0 Å². The normalized spacial score (nSPS) is 15.6. The first-order chi connectivity index (χ1) is 12.5. The molecular weight excluding hydrogens is 338 g/mol. The summed E-state index contributed by atoms with van der Waals surface area (Å²) in [6.07, 6.45) is 5.35. The lowest BCUT2D eigenvalue weighted by Crippen LogP contribution is -2.30. The van der Waals surface area contributed by atoms with Gasteiger partial charge in [-0.05, 0) is 63.6 Å². The molecule has 0 amide bonds. The number of benzene rings is 1. The number of hydrogen-bond acceptors (Lipinski definition) is 4. The number of nitrogens with one attached hydrogen (secondary N) is 1. The molecule has 142 valence electrons. The maximum absolute atomic E-state index is 14.4. The molecule has 0 bridgehead atoms. The molecule has 7 heteroatoms. The Morgan fingerprint density at radius 1 is 1.19 bits per heavy atom. The lowest BCUT2D eigenvalue weighted by atomic mass is 9.99. The van der Waals surface area contributed by atoms with Crippen molar-refractivity contribution in [3.05, 3.63) is 36.2 Å². The number of halogens is 2. The standard InChI is InChI=1S/C19H26F2N4O/c1-24(2)7-8-25-12-16(11-23-25)15-9-17(20)19(18(21)10-15)26-13-14-3-5-22-6-4-14/h9-12,14,22H,3-8,13H2,1-2H3. The Bertz CT molecular complexity index is 703. The summed E-state index contributed by atoms with van der Waals surface area (Å²) in [5, 5.41) is 7.52. The molecule has 1 aromatic carbocycles. The number of rotatable bonds is 7. The molecule has 1 aromatic heterocycles. The van der Waals surface area contributed by atoms with Crippen LogP contribution < -0.4 is 10.1 Å². The van der Waals surface area contributed by atoms with Gasteiger partial charge in [0.1, 0.15) is 0 Å². The highest BCUT2D eigenvalue weighted by atomic mass is 19.1. The Labute approximate surface area is 152 Å². The average molecular weight is 364 g/mol. The highest BCUT2D eigenvalue weighted by Gasteiger charge is 2.18. The molecule has 1 N–H and O–H groups in total. The Morgan fingerprint density at radius 2 is 1.88 bits per heavy atom. The first kappa shape index (κ1) is 18.8. The Balaban J connectivity index is 1.68. The summed E-state index contributed by atoms with van der Waals surface area (Å²) in [6, 6.07) is 2.63. The van der Waals surface area contributed by atoms with Crippen LogP contribution in [0.5, 0.6) is 5.75 Å². The Hall–Kier alpha value is -1.99. The predicted octanol–water partition coefficient (Wildman–Crippen LogP) is 2.77. The van der Waals surface area contributed by atoms with E-state index in [1.807, 2.05) is 14.1 Å². The van der Waals surface area contributed by atoms with Gasteiger partial charge in [0.2, 0.25) is 0 Å².